The largest absolute Gasteiger partial charge is 0.423 e. The van der Waals surface area contributed by atoms with Crippen LogP contribution in [0.3, 0.4) is 0 Å². The molecule has 1 rings (SSSR count). The summed E-state index contributed by atoms with van der Waals surface area (Å²) in [6.07, 6.45) is 0. The standard InChI is InChI=1S/C13H13BrO6/c1-7(15)18-11-4-10(6-14)5-12(19-8(2)16)13(11)20-9(3)17/h4-5H,6H2,1-3H3. The Balaban J connectivity index is 3.39. The Morgan fingerprint density at radius 2 is 1.30 bits per heavy atom. The van der Waals surface area contributed by atoms with Crippen molar-refractivity contribution in [3.05, 3.63) is 17.7 Å². The first-order valence-electron chi connectivity index (χ1n) is 5.61. The number of hydrogen-bond acceptors (Lipinski definition) is 6. The summed E-state index contributed by atoms with van der Waals surface area (Å²) in [6.45, 7) is 3.61. The van der Waals surface area contributed by atoms with Crippen LogP contribution in [0, 0.1) is 0 Å². The molecule has 0 saturated heterocycles. The fourth-order valence-corrected chi connectivity index (χ4v) is 1.74. The lowest BCUT2D eigenvalue weighted by molar-refractivity contribution is -0.135. The van der Waals surface area contributed by atoms with E-state index < -0.39 is 17.9 Å². The summed E-state index contributed by atoms with van der Waals surface area (Å²) in [5.74, 6) is -1.87. The highest BCUT2D eigenvalue weighted by Crippen LogP contribution is 2.39. The third-order valence-electron chi connectivity index (χ3n) is 1.99. The molecule has 0 spiro atoms. The van der Waals surface area contributed by atoms with E-state index in [1.54, 1.807) is 0 Å². The van der Waals surface area contributed by atoms with Gasteiger partial charge in [0.2, 0.25) is 5.75 Å². The first-order valence-corrected chi connectivity index (χ1v) is 6.73. The number of halogens is 1. The Hall–Kier alpha value is -1.89. The van der Waals surface area contributed by atoms with E-state index in [2.05, 4.69) is 15.9 Å². The summed E-state index contributed by atoms with van der Waals surface area (Å²) in [5, 5.41) is 0.440. The Bertz CT molecular complexity index is 515. The molecule has 0 amide bonds. The van der Waals surface area contributed by atoms with Gasteiger partial charge in [0, 0.05) is 26.1 Å². The summed E-state index contributed by atoms with van der Waals surface area (Å²) in [6, 6.07) is 3.03. The van der Waals surface area contributed by atoms with Crippen LogP contribution in [0.15, 0.2) is 12.1 Å². The molecule has 108 valence electrons. The van der Waals surface area contributed by atoms with E-state index >= 15 is 0 Å². The van der Waals surface area contributed by atoms with Crippen molar-refractivity contribution >= 4 is 33.8 Å². The van der Waals surface area contributed by atoms with Crippen LogP contribution in [0.5, 0.6) is 17.2 Å². The number of benzene rings is 1. The lowest BCUT2D eigenvalue weighted by Gasteiger charge is -2.14. The van der Waals surface area contributed by atoms with Gasteiger partial charge in [-0.1, -0.05) is 15.9 Å². The number of carbonyl (C=O) groups is 3. The van der Waals surface area contributed by atoms with E-state index in [0.29, 0.717) is 10.9 Å². The minimum Gasteiger partial charge on any atom is -0.423 e. The molecule has 0 unspecified atom stereocenters. The molecule has 6 nitrogen and oxygen atoms in total. The van der Waals surface area contributed by atoms with Gasteiger partial charge in [0.25, 0.3) is 0 Å². The maximum absolute atomic E-state index is 11.1. The van der Waals surface area contributed by atoms with E-state index in [1.807, 2.05) is 0 Å². The fraction of sp³-hybridized carbons (Fsp3) is 0.308. The quantitative estimate of drug-likeness (QED) is 0.474. The molecule has 0 aromatic heterocycles. The van der Waals surface area contributed by atoms with Crippen molar-refractivity contribution in [1.82, 2.24) is 0 Å². The summed E-state index contributed by atoms with van der Waals surface area (Å²) in [4.78, 5) is 33.3. The molecule has 0 aliphatic heterocycles. The molecule has 0 aliphatic rings. The predicted octanol–water partition coefficient (Wildman–Crippen LogP) is 2.36. The van der Waals surface area contributed by atoms with Crippen molar-refractivity contribution in [2.45, 2.75) is 26.1 Å². The molecule has 0 atom stereocenters. The maximum atomic E-state index is 11.1. The average Bonchev–Trinajstić information content (AvgIpc) is 2.30. The monoisotopic (exact) mass is 344 g/mol. The summed E-state index contributed by atoms with van der Waals surface area (Å²) < 4.78 is 14.9. The highest BCUT2D eigenvalue weighted by Gasteiger charge is 2.19. The smallest absolute Gasteiger partial charge is 0.308 e. The molecule has 20 heavy (non-hydrogen) atoms. The van der Waals surface area contributed by atoms with Gasteiger partial charge >= 0.3 is 17.9 Å². The molecule has 0 saturated carbocycles. The Kier molecular flexibility index (Phi) is 5.69. The average molecular weight is 345 g/mol. The van der Waals surface area contributed by atoms with Crippen molar-refractivity contribution in [2.24, 2.45) is 0 Å². The minimum atomic E-state index is -0.626. The predicted molar refractivity (Wildman–Crippen MR) is 73.0 cm³/mol. The van der Waals surface area contributed by atoms with Crippen molar-refractivity contribution in [1.29, 1.82) is 0 Å². The van der Waals surface area contributed by atoms with Gasteiger partial charge in [-0.15, -0.1) is 0 Å². The molecule has 1 aromatic rings. The van der Waals surface area contributed by atoms with Gasteiger partial charge in [-0.2, -0.15) is 0 Å². The molecule has 0 fully saturated rings. The second-order valence-electron chi connectivity index (χ2n) is 3.84. The van der Waals surface area contributed by atoms with E-state index in [4.69, 9.17) is 14.2 Å². The summed E-state index contributed by atoms with van der Waals surface area (Å²) in [7, 11) is 0. The second kappa shape index (κ2) is 7.04. The molecule has 0 bridgehead atoms. The fourth-order valence-electron chi connectivity index (χ4n) is 1.41. The maximum Gasteiger partial charge on any atom is 0.308 e. The van der Waals surface area contributed by atoms with Crippen molar-refractivity contribution in [3.63, 3.8) is 0 Å². The molecule has 0 aliphatic carbocycles. The zero-order valence-electron chi connectivity index (χ0n) is 11.2. The molecular formula is C13H13BrO6. The summed E-state index contributed by atoms with van der Waals surface area (Å²) in [5.41, 5.74) is 0.688. The van der Waals surface area contributed by atoms with E-state index in [0.717, 1.165) is 0 Å². The van der Waals surface area contributed by atoms with Gasteiger partial charge in [0.05, 0.1) is 0 Å². The SMILES string of the molecule is CC(=O)Oc1cc(CBr)cc(OC(C)=O)c1OC(C)=O. The van der Waals surface area contributed by atoms with Gasteiger partial charge in [0.1, 0.15) is 0 Å². The van der Waals surface area contributed by atoms with Crippen LogP contribution >= 0.6 is 15.9 Å². The van der Waals surface area contributed by atoms with Crippen LogP contribution in [-0.2, 0) is 19.7 Å². The van der Waals surface area contributed by atoms with Gasteiger partial charge < -0.3 is 14.2 Å². The van der Waals surface area contributed by atoms with Crippen LogP contribution in [-0.4, -0.2) is 17.9 Å². The van der Waals surface area contributed by atoms with E-state index in [1.165, 1.54) is 32.9 Å². The lowest BCUT2D eigenvalue weighted by atomic mass is 10.2. The van der Waals surface area contributed by atoms with Crippen LogP contribution in [0.1, 0.15) is 26.3 Å². The number of esters is 3. The van der Waals surface area contributed by atoms with E-state index in [9.17, 15) is 14.4 Å². The minimum absolute atomic E-state index is 0.0147. The van der Waals surface area contributed by atoms with Crippen molar-refractivity contribution in [2.75, 3.05) is 0 Å². The Labute approximate surface area is 124 Å². The highest BCUT2D eigenvalue weighted by atomic mass is 79.9. The van der Waals surface area contributed by atoms with Gasteiger partial charge in [-0.25, -0.2) is 0 Å². The molecule has 0 radical (unpaired) electrons. The second-order valence-corrected chi connectivity index (χ2v) is 4.40. The van der Waals surface area contributed by atoms with Crippen molar-refractivity contribution in [3.8, 4) is 17.2 Å². The number of alkyl halides is 1. The zero-order chi connectivity index (χ0) is 15.3. The molecule has 7 heteroatoms. The number of carbonyl (C=O) groups excluding carboxylic acids is 3. The Morgan fingerprint density at radius 1 is 0.900 bits per heavy atom. The molecule has 1 aromatic carbocycles. The topological polar surface area (TPSA) is 78.9 Å². The highest BCUT2D eigenvalue weighted by molar-refractivity contribution is 9.08. The van der Waals surface area contributed by atoms with Crippen LogP contribution in [0.2, 0.25) is 0 Å². The third kappa shape index (κ3) is 4.65. The van der Waals surface area contributed by atoms with Crippen LogP contribution in [0.25, 0.3) is 0 Å². The lowest BCUT2D eigenvalue weighted by Crippen LogP contribution is -2.11. The van der Waals surface area contributed by atoms with Crippen molar-refractivity contribution < 1.29 is 28.6 Å². The van der Waals surface area contributed by atoms with Gasteiger partial charge in [-0.3, -0.25) is 14.4 Å². The number of rotatable bonds is 4. The first-order chi connectivity index (χ1) is 9.33. The van der Waals surface area contributed by atoms with Crippen LogP contribution in [0.4, 0.5) is 0 Å². The molecule has 0 N–H and O–H groups in total. The summed E-state index contributed by atoms with van der Waals surface area (Å²) >= 11 is 3.24. The van der Waals surface area contributed by atoms with E-state index in [-0.39, 0.29) is 17.2 Å². The van der Waals surface area contributed by atoms with Gasteiger partial charge in [0.15, 0.2) is 11.5 Å². The number of ether oxygens (including phenoxy) is 3. The first kappa shape index (κ1) is 16.2. The van der Waals surface area contributed by atoms with Crippen LogP contribution < -0.4 is 14.2 Å². The molecule has 0 heterocycles. The van der Waals surface area contributed by atoms with Gasteiger partial charge in [-0.05, 0) is 17.7 Å². The zero-order valence-corrected chi connectivity index (χ0v) is 12.8. The third-order valence-corrected chi connectivity index (χ3v) is 2.64. The number of hydrogen-bond donors (Lipinski definition) is 0. The normalized spacial score (nSPS) is 9.80. The Morgan fingerprint density at radius 3 is 1.60 bits per heavy atom. The molecular weight excluding hydrogens is 332 g/mol.